The molecule has 0 spiro atoms. The van der Waals surface area contributed by atoms with E-state index >= 15 is 0 Å². The van der Waals surface area contributed by atoms with Gasteiger partial charge in [0.1, 0.15) is 5.75 Å². The maximum atomic E-state index is 10.2. The second-order valence-electron chi connectivity index (χ2n) is 4.05. The maximum Gasteiger partial charge on any atom is 0.119 e. The van der Waals surface area contributed by atoms with Gasteiger partial charge in [0, 0.05) is 0 Å². The summed E-state index contributed by atoms with van der Waals surface area (Å²) in [4.78, 5) is 0. The number of halogens is 1. The molecule has 1 aromatic carbocycles. The first kappa shape index (κ1) is 12.9. The van der Waals surface area contributed by atoms with Gasteiger partial charge >= 0.3 is 0 Å². The Balaban J connectivity index is 2.16. The molecule has 0 aliphatic carbocycles. The van der Waals surface area contributed by atoms with Crippen LogP contribution in [0.15, 0.2) is 30.5 Å². The van der Waals surface area contributed by atoms with Crippen LogP contribution in [0.4, 0.5) is 0 Å². The summed E-state index contributed by atoms with van der Waals surface area (Å²) in [5.41, 5.74) is 1.64. The van der Waals surface area contributed by atoms with Crippen LogP contribution >= 0.6 is 11.6 Å². The third-order valence-electron chi connectivity index (χ3n) is 2.87. The first-order valence-corrected chi connectivity index (χ1v) is 5.99. The number of aliphatic hydroxyl groups excluding tert-OH is 1. The second kappa shape index (κ2) is 5.42. The van der Waals surface area contributed by atoms with Gasteiger partial charge in [0.25, 0.3) is 0 Å². The molecule has 0 aliphatic rings. The lowest BCUT2D eigenvalue weighted by Crippen LogP contribution is -2.11. The van der Waals surface area contributed by atoms with Crippen LogP contribution in [0.2, 0.25) is 5.02 Å². The number of ether oxygens (including phenoxy) is 1. The largest absolute Gasteiger partial charge is 0.497 e. The molecule has 1 heterocycles. The standard InChI is InChI=1S/C13H15ClN2O2/c1-9-12(14)7-15-16(9)8-13(17)10-4-3-5-11(6-10)18-2/h3-7,13,17H,8H2,1-2H3. The zero-order valence-electron chi connectivity index (χ0n) is 10.3. The molecule has 96 valence electrons. The predicted molar refractivity (Wildman–Crippen MR) is 69.9 cm³/mol. The SMILES string of the molecule is COc1cccc(C(O)Cn2ncc(Cl)c2C)c1. The van der Waals surface area contributed by atoms with E-state index in [1.807, 2.05) is 31.2 Å². The Bertz CT molecular complexity index is 540. The van der Waals surface area contributed by atoms with Crippen molar-refractivity contribution in [1.82, 2.24) is 9.78 Å². The van der Waals surface area contributed by atoms with Gasteiger partial charge in [-0.3, -0.25) is 4.68 Å². The maximum absolute atomic E-state index is 10.2. The Morgan fingerprint density at radius 2 is 2.28 bits per heavy atom. The van der Waals surface area contributed by atoms with Crippen LogP contribution in [-0.2, 0) is 6.54 Å². The smallest absolute Gasteiger partial charge is 0.119 e. The van der Waals surface area contributed by atoms with E-state index in [2.05, 4.69) is 5.10 Å². The minimum atomic E-state index is -0.644. The highest BCUT2D eigenvalue weighted by Crippen LogP contribution is 2.22. The lowest BCUT2D eigenvalue weighted by Gasteiger charge is -2.13. The molecular formula is C13H15ClN2O2. The van der Waals surface area contributed by atoms with Gasteiger partial charge in [-0.2, -0.15) is 5.10 Å². The van der Waals surface area contributed by atoms with Crippen LogP contribution in [0.3, 0.4) is 0 Å². The average molecular weight is 267 g/mol. The number of hydrogen-bond acceptors (Lipinski definition) is 3. The van der Waals surface area contributed by atoms with E-state index in [9.17, 15) is 5.11 Å². The van der Waals surface area contributed by atoms with Gasteiger partial charge in [-0.05, 0) is 24.6 Å². The van der Waals surface area contributed by atoms with Crippen LogP contribution in [0, 0.1) is 6.92 Å². The highest BCUT2D eigenvalue weighted by Gasteiger charge is 2.12. The van der Waals surface area contributed by atoms with Crippen molar-refractivity contribution in [3.63, 3.8) is 0 Å². The van der Waals surface area contributed by atoms with Crippen molar-refractivity contribution in [3.8, 4) is 5.75 Å². The Labute approximate surface area is 111 Å². The van der Waals surface area contributed by atoms with Crippen LogP contribution in [0.25, 0.3) is 0 Å². The number of aromatic nitrogens is 2. The Morgan fingerprint density at radius 1 is 1.50 bits per heavy atom. The van der Waals surface area contributed by atoms with E-state index < -0.39 is 6.10 Å². The van der Waals surface area contributed by atoms with E-state index in [1.54, 1.807) is 18.0 Å². The number of benzene rings is 1. The van der Waals surface area contributed by atoms with Gasteiger partial charge < -0.3 is 9.84 Å². The van der Waals surface area contributed by atoms with Crippen LogP contribution in [0.5, 0.6) is 5.75 Å². The number of methoxy groups -OCH3 is 1. The number of nitrogens with zero attached hydrogens (tertiary/aromatic N) is 2. The lowest BCUT2D eigenvalue weighted by atomic mass is 10.1. The first-order valence-electron chi connectivity index (χ1n) is 5.61. The van der Waals surface area contributed by atoms with Gasteiger partial charge in [-0.1, -0.05) is 23.7 Å². The van der Waals surface area contributed by atoms with E-state index in [-0.39, 0.29) is 0 Å². The zero-order valence-corrected chi connectivity index (χ0v) is 11.1. The van der Waals surface area contributed by atoms with Crippen LogP contribution < -0.4 is 4.74 Å². The van der Waals surface area contributed by atoms with Gasteiger partial charge in [0.05, 0.1) is 36.7 Å². The zero-order chi connectivity index (χ0) is 13.1. The molecule has 1 aromatic heterocycles. The van der Waals surface area contributed by atoms with E-state index in [0.29, 0.717) is 11.6 Å². The molecule has 0 bridgehead atoms. The molecule has 0 amide bonds. The van der Waals surface area contributed by atoms with Gasteiger partial charge in [0.2, 0.25) is 0 Å². The lowest BCUT2D eigenvalue weighted by molar-refractivity contribution is 0.150. The Morgan fingerprint density at radius 3 is 2.89 bits per heavy atom. The Hall–Kier alpha value is -1.52. The molecule has 5 heteroatoms. The summed E-state index contributed by atoms with van der Waals surface area (Å²) in [6, 6.07) is 7.35. The summed E-state index contributed by atoms with van der Waals surface area (Å²) in [7, 11) is 1.60. The van der Waals surface area contributed by atoms with Gasteiger partial charge in [0.15, 0.2) is 0 Å². The van der Waals surface area contributed by atoms with E-state index in [4.69, 9.17) is 16.3 Å². The molecule has 1 atom stereocenters. The summed E-state index contributed by atoms with van der Waals surface area (Å²) >= 11 is 5.92. The van der Waals surface area contributed by atoms with Gasteiger partial charge in [-0.15, -0.1) is 0 Å². The monoisotopic (exact) mass is 266 g/mol. The minimum Gasteiger partial charge on any atom is -0.497 e. The number of rotatable bonds is 4. The highest BCUT2D eigenvalue weighted by molar-refractivity contribution is 6.31. The first-order chi connectivity index (χ1) is 8.61. The molecule has 1 N–H and O–H groups in total. The molecule has 0 aliphatic heterocycles. The van der Waals surface area contributed by atoms with E-state index in [1.165, 1.54) is 0 Å². The second-order valence-corrected chi connectivity index (χ2v) is 4.46. The predicted octanol–water partition coefficient (Wildman–Crippen LogP) is 2.59. The summed E-state index contributed by atoms with van der Waals surface area (Å²) in [6.07, 6.45) is 0.935. The number of aliphatic hydroxyl groups is 1. The van der Waals surface area contributed by atoms with Crippen LogP contribution in [-0.4, -0.2) is 22.0 Å². The topological polar surface area (TPSA) is 47.3 Å². The molecule has 0 radical (unpaired) electrons. The number of hydrogen-bond donors (Lipinski definition) is 1. The Kier molecular flexibility index (Phi) is 3.89. The fourth-order valence-corrected chi connectivity index (χ4v) is 1.87. The van der Waals surface area contributed by atoms with Crippen molar-refractivity contribution in [2.45, 2.75) is 19.6 Å². The van der Waals surface area contributed by atoms with Crippen molar-refractivity contribution >= 4 is 11.6 Å². The molecule has 0 saturated heterocycles. The normalized spacial score (nSPS) is 12.4. The van der Waals surface area contributed by atoms with Crippen molar-refractivity contribution in [3.05, 3.63) is 46.7 Å². The van der Waals surface area contributed by atoms with Crippen LogP contribution in [0.1, 0.15) is 17.4 Å². The highest BCUT2D eigenvalue weighted by atomic mass is 35.5. The summed E-state index contributed by atoms with van der Waals surface area (Å²) in [6.45, 7) is 2.24. The average Bonchev–Trinajstić information content (AvgIpc) is 2.71. The molecule has 2 rings (SSSR count). The minimum absolute atomic E-state index is 0.367. The molecule has 0 saturated carbocycles. The fraction of sp³-hybridized carbons (Fsp3) is 0.308. The summed E-state index contributed by atoms with van der Waals surface area (Å²) in [5.74, 6) is 0.724. The molecule has 1 unspecified atom stereocenters. The van der Waals surface area contributed by atoms with Crippen molar-refractivity contribution < 1.29 is 9.84 Å². The summed E-state index contributed by atoms with van der Waals surface area (Å²) < 4.78 is 6.82. The van der Waals surface area contributed by atoms with Gasteiger partial charge in [-0.25, -0.2) is 0 Å². The molecule has 2 aromatic rings. The quantitative estimate of drug-likeness (QED) is 0.925. The van der Waals surface area contributed by atoms with Crippen molar-refractivity contribution in [2.75, 3.05) is 7.11 Å². The third-order valence-corrected chi connectivity index (χ3v) is 3.24. The molecular weight excluding hydrogens is 252 g/mol. The summed E-state index contributed by atoms with van der Waals surface area (Å²) in [5, 5.41) is 14.9. The fourth-order valence-electron chi connectivity index (χ4n) is 1.73. The molecule has 18 heavy (non-hydrogen) atoms. The molecule has 0 fully saturated rings. The van der Waals surface area contributed by atoms with E-state index in [0.717, 1.165) is 17.0 Å². The van der Waals surface area contributed by atoms with Crippen molar-refractivity contribution in [2.24, 2.45) is 0 Å². The van der Waals surface area contributed by atoms with Crippen molar-refractivity contribution in [1.29, 1.82) is 0 Å². The molecule has 4 nitrogen and oxygen atoms in total. The third kappa shape index (κ3) is 2.66.